The van der Waals surface area contributed by atoms with Gasteiger partial charge in [0.1, 0.15) is 5.69 Å². The number of anilines is 1. The van der Waals surface area contributed by atoms with Crippen LogP contribution in [-0.2, 0) is 4.79 Å². The topological polar surface area (TPSA) is 84.5 Å². The lowest BCUT2D eigenvalue weighted by Crippen LogP contribution is -2.25. The van der Waals surface area contributed by atoms with Crippen molar-refractivity contribution in [1.29, 1.82) is 0 Å². The molecule has 2 aromatic heterocycles. The Kier molecular flexibility index (Phi) is 5.70. The summed E-state index contributed by atoms with van der Waals surface area (Å²) in [5.41, 5.74) is 6.85. The number of amides is 1. The highest BCUT2D eigenvalue weighted by Gasteiger charge is 2.13. The van der Waals surface area contributed by atoms with Crippen molar-refractivity contribution in [1.82, 2.24) is 15.2 Å². The fourth-order valence-corrected chi connectivity index (χ4v) is 2.87. The number of aromatic nitrogens is 2. The van der Waals surface area contributed by atoms with E-state index in [0.29, 0.717) is 11.5 Å². The highest BCUT2D eigenvalue weighted by molar-refractivity contribution is 5.89. The van der Waals surface area contributed by atoms with Gasteiger partial charge in [0, 0.05) is 17.4 Å². The van der Waals surface area contributed by atoms with Gasteiger partial charge in [-0.2, -0.15) is 10.2 Å². The van der Waals surface area contributed by atoms with Crippen LogP contribution in [0.2, 0.25) is 0 Å². The van der Waals surface area contributed by atoms with Crippen molar-refractivity contribution >= 4 is 17.8 Å². The molecule has 0 unspecified atom stereocenters. The highest BCUT2D eigenvalue weighted by Crippen LogP contribution is 2.23. The fourth-order valence-electron chi connectivity index (χ4n) is 2.87. The SMILES string of the molecule is Cc1ccc(NCC(=O)N/N=C\c2cn(-c3ccccc3)nc2-c2ccco2)cc1. The van der Waals surface area contributed by atoms with Gasteiger partial charge in [0.2, 0.25) is 0 Å². The second kappa shape index (κ2) is 8.91. The zero-order valence-electron chi connectivity index (χ0n) is 16.4. The van der Waals surface area contributed by atoms with Gasteiger partial charge in [-0.1, -0.05) is 35.9 Å². The maximum Gasteiger partial charge on any atom is 0.259 e. The number of nitrogens with zero attached hydrogens (tertiary/aromatic N) is 3. The van der Waals surface area contributed by atoms with Crippen LogP contribution >= 0.6 is 0 Å². The van der Waals surface area contributed by atoms with Gasteiger partial charge in [-0.3, -0.25) is 4.79 Å². The smallest absolute Gasteiger partial charge is 0.259 e. The predicted molar refractivity (Wildman–Crippen MR) is 117 cm³/mol. The minimum atomic E-state index is -0.248. The van der Waals surface area contributed by atoms with Crippen LogP contribution < -0.4 is 10.7 Å². The van der Waals surface area contributed by atoms with Gasteiger partial charge in [0.05, 0.1) is 24.7 Å². The van der Waals surface area contributed by atoms with Crippen molar-refractivity contribution in [2.75, 3.05) is 11.9 Å². The molecule has 0 atom stereocenters. The average Bonchev–Trinajstić information content (AvgIpc) is 3.44. The lowest BCUT2D eigenvalue weighted by molar-refractivity contribution is -0.119. The predicted octanol–water partition coefficient (Wildman–Crippen LogP) is 4.00. The summed E-state index contributed by atoms with van der Waals surface area (Å²) in [6.45, 7) is 2.14. The van der Waals surface area contributed by atoms with Gasteiger partial charge in [0.25, 0.3) is 5.91 Å². The van der Waals surface area contributed by atoms with Crippen molar-refractivity contribution in [3.63, 3.8) is 0 Å². The summed E-state index contributed by atoms with van der Waals surface area (Å²) in [4.78, 5) is 12.1. The molecule has 4 aromatic rings. The molecule has 0 aliphatic heterocycles. The van der Waals surface area contributed by atoms with Gasteiger partial charge in [-0.15, -0.1) is 0 Å². The summed E-state index contributed by atoms with van der Waals surface area (Å²) in [6, 6.07) is 21.2. The summed E-state index contributed by atoms with van der Waals surface area (Å²) < 4.78 is 7.25. The second-order valence-corrected chi connectivity index (χ2v) is 6.70. The second-order valence-electron chi connectivity index (χ2n) is 6.70. The Balaban J connectivity index is 1.45. The maximum atomic E-state index is 12.1. The summed E-state index contributed by atoms with van der Waals surface area (Å²) in [5, 5.41) is 11.8. The number of furan rings is 1. The molecule has 2 aromatic carbocycles. The molecule has 0 aliphatic carbocycles. The van der Waals surface area contributed by atoms with Crippen molar-refractivity contribution in [2.24, 2.45) is 5.10 Å². The molecular weight excluding hydrogens is 378 g/mol. The van der Waals surface area contributed by atoms with E-state index < -0.39 is 0 Å². The quantitative estimate of drug-likeness (QED) is 0.363. The number of carbonyl (C=O) groups excluding carboxylic acids is 1. The summed E-state index contributed by atoms with van der Waals surface area (Å²) in [7, 11) is 0. The number of hydrogen-bond donors (Lipinski definition) is 2. The Hall–Kier alpha value is -4.13. The minimum absolute atomic E-state index is 0.120. The van der Waals surface area contributed by atoms with Crippen molar-refractivity contribution in [3.05, 3.63) is 90.3 Å². The maximum absolute atomic E-state index is 12.1. The molecule has 0 saturated heterocycles. The van der Waals surface area contributed by atoms with Gasteiger partial charge in [-0.25, -0.2) is 10.1 Å². The van der Waals surface area contributed by atoms with Gasteiger partial charge < -0.3 is 9.73 Å². The molecule has 30 heavy (non-hydrogen) atoms. The molecule has 0 saturated carbocycles. The minimum Gasteiger partial charge on any atom is -0.463 e. The van der Waals surface area contributed by atoms with E-state index in [1.54, 1.807) is 23.2 Å². The Morgan fingerprint density at radius 3 is 2.63 bits per heavy atom. The number of para-hydroxylation sites is 1. The molecule has 150 valence electrons. The number of benzene rings is 2. The van der Waals surface area contributed by atoms with Crippen LogP contribution in [0.25, 0.3) is 17.1 Å². The van der Waals surface area contributed by atoms with E-state index in [1.165, 1.54) is 0 Å². The number of aryl methyl sites for hydroxylation is 1. The van der Waals surface area contributed by atoms with Crippen LogP contribution in [0.4, 0.5) is 5.69 Å². The average molecular weight is 399 g/mol. The largest absolute Gasteiger partial charge is 0.463 e. The third-order valence-corrected chi connectivity index (χ3v) is 4.42. The van der Waals surface area contributed by atoms with E-state index in [1.807, 2.05) is 73.8 Å². The van der Waals surface area contributed by atoms with Crippen LogP contribution in [0.5, 0.6) is 0 Å². The molecule has 2 N–H and O–H groups in total. The summed E-state index contributed by atoms with van der Waals surface area (Å²) in [6.07, 6.45) is 5.00. The molecule has 0 fully saturated rings. The third kappa shape index (κ3) is 4.64. The Labute approximate surface area is 174 Å². The monoisotopic (exact) mass is 399 g/mol. The molecular formula is C23H21N5O2. The molecule has 4 rings (SSSR count). The standard InChI is InChI=1S/C23H21N5O2/c1-17-9-11-19(12-10-17)24-15-22(29)26-25-14-18-16-28(20-6-3-2-4-7-20)27-23(18)21-8-5-13-30-21/h2-14,16,24H,15H2,1H3,(H,26,29)/b25-14-. The lowest BCUT2D eigenvalue weighted by Gasteiger charge is -2.05. The number of carbonyl (C=O) groups is 1. The lowest BCUT2D eigenvalue weighted by atomic mass is 10.2. The molecule has 0 aliphatic rings. The zero-order chi connectivity index (χ0) is 20.8. The van der Waals surface area contributed by atoms with Crippen molar-refractivity contribution in [2.45, 2.75) is 6.92 Å². The molecule has 0 radical (unpaired) electrons. The summed E-state index contributed by atoms with van der Waals surface area (Å²) in [5.74, 6) is 0.375. The fraction of sp³-hybridized carbons (Fsp3) is 0.0870. The van der Waals surface area contributed by atoms with E-state index in [9.17, 15) is 4.79 Å². The molecule has 2 heterocycles. The Morgan fingerprint density at radius 1 is 1.10 bits per heavy atom. The normalized spacial score (nSPS) is 11.0. The van der Waals surface area contributed by atoms with E-state index in [4.69, 9.17) is 4.42 Å². The first-order valence-electron chi connectivity index (χ1n) is 9.50. The molecule has 0 bridgehead atoms. The van der Waals surface area contributed by atoms with E-state index in [0.717, 1.165) is 22.5 Å². The van der Waals surface area contributed by atoms with E-state index in [2.05, 4.69) is 20.9 Å². The Bertz CT molecular complexity index is 1130. The zero-order valence-corrected chi connectivity index (χ0v) is 16.4. The van der Waals surface area contributed by atoms with E-state index in [-0.39, 0.29) is 12.5 Å². The summed E-state index contributed by atoms with van der Waals surface area (Å²) >= 11 is 0. The Morgan fingerprint density at radius 2 is 1.90 bits per heavy atom. The van der Waals surface area contributed by atoms with Crippen LogP contribution in [0.15, 0.2) is 88.7 Å². The molecule has 7 heteroatoms. The van der Waals surface area contributed by atoms with Crippen molar-refractivity contribution < 1.29 is 9.21 Å². The molecule has 0 spiro atoms. The number of nitrogens with one attached hydrogen (secondary N) is 2. The van der Waals surface area contributed by atoms with E-state index >= 15 is 0 Å². The van der Waals surface area contributed by atoms with Gasteiger partial charge in [-0.05, 0) is 43.3 Å². The first-order chi connectivity index (χ1) is 14.7. The van der Waals surface area contributed by atoms with Crippen LogP contribution in [0, 0.1) is 6.92 Å². The van der Waals surface area contributed by atoms with Gasteiger partial charge in [0.15, 0.2) is 5.76 Å². The number of hydrazone groups is 1. The number of rotatable bonds is 7. The third-order valence-electron chi connectivity index (χ3n) is 4.42. The van der Waals surface area contributed by atoms with Crippen molar-refractivity contribution in [3.8, 4) is 17.1 Å². The van der Waals surface area contributed by atoms with Crippen LogP contribution in [-0.4, -0.2) is 28.4 Å². The number of hydrogen-bond acceptors (Lipinski definition) is 5. The van der Waals surface area contributed by atoms with Crippen LogP contribution in [0.1, 0.15) is 11.1 Å². The van der Waals surface area contributed by atoms with Crippen LogP contribution in [0.3, 0.4) is 0 Å². The first-order valence-corrected chi connectivity index (χ1v) is 9.50. The molecule has 1 amide bonds. The molecule has 7 nitrogen and oxygen atoms in total. The highest BCUT2D eigenvalue weighted by atomic mass is 16.3. The van der Waals surface area contributed by atoms with Gasteiger partial charge >= 0.3 is 0 Å². The first kappa shape index (κ1) is 19.2.